The average molecular weight is 409 g/mol. The molecule has 9 nitrogen and oxygen atoms in total. The summed E-state index contributed by atoms with van der Waals surface area (Å²) in [5.74, 6) is 2.46. The van der Waals surface area contributed by atoms with Crippen molar-refractivity contribution < 1.29 is 14.2 Å². The van der Waals surface area contributed by atoms with E-state index in [0.29, 0.717) is 53.7 Å². The van der Waals surface area contributed by atoms with Gasteiger partial charge in [-0.15, -0.1) is 0 Å². The number of H-pyrrole nitrogens is 1. The van der Waals surface area contributed by atoms with Gasteiger partial charge in [0.05, 0.1) is 38.2 Å². The van der Waals surface area contributed by atoms with Crippen LogP contribution in [0, 0.1) is 0 Å². The zero-order valence-corrected chi connectivity index (χ0v) is 17.1. The van der Waals surface area contributed by atoms with Crippen molar-refractivity contribution in [1.29, 1.82) is 0 Å². The van der Waals surface area contributed by atoms with Crippen molar-refractivity contribution in [3.8, 4) is 28.6 Å². The monoisotopic (exact) mass is 409 g/mol. The van der Waals surface area contributed by atoms with Crippen molar-refractivity contribution in [3.05, 3.63) is 58.0 Å². The predicted molar refractivity (Wildman–Crippen MR) is 110 cm³/mol. The van der Waals surface area contributed by atoms with Crippen LogP contribution in [0.3, 0.4) is 0 Å². The summed E-state index contributed by atoms with van der Waals surface area (Å²) in [5, 5.41) is 0. The lowest BCUT2D eigenvalue weighted by atomic mass is 10.0. The van der Waals surface area contributed by atoms with Gasteiger partial charge in [0.1, 0.15) is 17.9 Å². The Balaban J connectivity index is 1.59. The summed E-state index contributed by atoms with van der Waals surface area (Å²) >= 11 is 0. The number of methoxy groups -OCH3 is 3. The van der Waals surface area contributed by atoms with Crippen LogP contribution in [-0.4, -0.2) is 52.7 Å². The van der Waals surface area contributed by atoms with Crippen LogP contribution in [0.4, 0.5) is 0 Å². The summed E-state index contributed by atoms with van der Waals surface area (Å²) in [6, 6.07) is 3.72. The van der Waals surface area contributed by atoms with Crippen molar-refractivity contribution >= 4 is 0 Å². The molecule has 0 radical (unpaired) electrons. The molecule has 0 atom stereocenters. The van der Waals surface area contributed by atoms with Crippen LogP contribution in [0.25, 0.3) is 11.4 Å². The molecule has 3 heterocycles. The second-order valence-electron chi connectivity index (χ2n) is 6.95. The van der Waals surface area contributed by atoms with Gasteiger partial charge in [-0.05, 0) is 6.07 Å². The van der Waals surface area contributed by atoms with E-state index in [9.17, 15) is 4.79 Å². The number of nitrogens with zero attached hydrogens (tertiary/aromatic N) is 4. The van der Waals surface area contributed by atoms with Gasteiger partial charge in [0.2, 0.25) is 0 Å². The Labute approximate surface area is 173 Å². The molecular weight excluding hydrogens is 386 g/mol. The highest BCUT2D eigenvalue weighted by atomic mass is 16.5. The van der Waals surface area contributed by atoms with E-state index < -0.39 is 0 Å². The molecule has 0 aliphatic carbocycles. The van der Waals surface area contributed by atoms with E-state index in [4.69, 9.17) is 14.2 Å². The average Bonchev–Trinajstić information content (AvgIpc) is 2.79. The Hall–Kier alpha value is -3.46. The van der Waals surface area contributed by atoms with E-state index >= 15 is 0 Å². The van der Waals surface area contributed by atoms with Gasteiger partial charge in [-0.25, -0.2) is 15.0 Å². The molecule has 1 aliphatic heterocycles. The van der Waals surface area contributed by atoms with Gasteiger partial charge in [0, 0.05) is 50.1 Å². The van der Waals surface area contributed by atoms with Crippen LogP contribution < -0.4 is 19.8 Å². The largest absolute Gasteiger partial charge is 0.496 e. The molecule has 1 aliphatic rings. The van der Waals surface area contributed by atoms with Gasteiger partial charge in [-0.1, -0.05) is 0 Å². The molecule has 0 amide bonds. The van der Waals surface area contributed by atoms with Crippen molar-refractivity contribution in [2.45, 2.75) is 19.5 Å². The van der Waals surface area contributed by atoms with Crippen LogP contribution in [0.1, 0.15) is 16.8 Å². The fraction of sp³-hybridized carbons (Fsp3) is 0.333. The number of nitrogens with one attached hydrogen (secondary N) is 1. The molecule has 0 bridgehead atoms. The minimum absolute atomic E-state index is 0.136. The third-order valence-corrected chi connectivity index (χ3v) is 5.16. The molecule has 0 unspecified atom stereocenters. The second kappa shape index (κ2) is 8.50. The van der Waals surface area contributed by atoms with E-state index in [-0.39, 0.29) is 5.56 Å². The highest BCUT2D eigenvalue weighted by Crippen LogP contribution is 2.35. The normalized spacial score (nSPS) is 13.6. The van der Waals surface area contributed by atoms with Crippen LogP contribution in [0.15, 0.2) is 35.6 Å². The molecule has 9 heteroatoms. The predicted octanol–water partition coefficient (Wildman–Crippen LogP) is 1.81. The molecular formula is C21H23N5O4. The first-order chi connectivity index (χ1) is 14.6. The molecule has 3 aromatic rings. The van der Waals surface area contributed by atoms with Gasteiger partial charge >= 0.3 is 0 Å². The lowest BCUT2D eigenvalue weighted by Gasteiger charge is -2.28. The number of aromatic amines is 1. The Morgan fingerprint density at radius 2 is 1.73 bits per heavy atom. The summed E-state index contributed by atoms with van der Waals surface area (Å²) in [6.07, 6.45) is 5.39. The summed E-state index contributed by atoms with van der Waals surface area (Å²) in [5.41, 5.74) is 3.01. The molecule has 0 spiro atoms. The first-order valence-corrected chi connectivity index (χ1v) is 9.51. The maximum Gasteiger partial charge on any atom is 0.255 e. The first-order valence-electron chi connectivity index (χ1n) is 9.51. The van der Waals surface area contributed by atoms with Crippen molar-refractivity contribution in [2.75, 3.05) is 27.9 Å². The topological polar surface area (TPSA) is 102 Å². The molecule has 0 saturated heterocycles. The number of aromatic nitrogens is 4. The summed E-state index contributed by atoms with van der Waals surface area (Å²) in [7, 11) is 4.82. The molecule has 2 aromatic heterocycles. The number of benzene rings is 1. The zero-order chi connectivity index (χ0) is 21.1. The van der Waals surface area contributed by atoms with Crippen LogP contribution in [0.2, 0.25) is 0 Å². The van der Waals surface area contributed by atoms with Gasteiger partial charge in [-0.3, -0.25) is 9.69 Å². The maximum absolute atomic E-state index is 12.7. The highest BCUT2D eigenvalue weighted by molar-refractivity contribution is 5.52. The number of fused-ring (bicyclic) bond motifs is 1. The molecule has 1 aromatic carbocycles. The lowest BCUT2D eigenvalue weighted by Crippen LogP contribution is -2.35. The summed E-state index contributed by atoms with van der Waals surface area (Å²) in [6.45, 7) is 1.88. The minimum atomic E-state index is -0.136. The standard InChI is InChI=1S/C21H23N5O4/c1-28-17-7-19(30-3)18(29-2)6-13(17)10-26-5-4-16-15(11-26)21(27)25-20(24-16)14-8-22-12-23-9-14/h6-9,12H,4-5,10-11H2,1-3H3,(H,24,25,27). The molecule has 30 heavy (non-hydrogen) atoms. The summed E-state index contributed by atoms with van der Waals surface area (Å²) < 4.78 is 16.3. The number of hydrogen-bond donors (Lipinski definition) is 1. The molecule has 0 fully saturated rings. The minimum Gasteiger partial charge on any atom is -0.496 e. The van der Waals surface area contributed by atoms with Gasteiger partial charge in [0.25, 0.3) is 5.56 Å². The van der Waals surface area contributed by atoms with Crippen LogP contribution in [-0.2, 0) is 19.5 Å². The Morgan fingerprint density at radius 1 is 1.03 bits per heavy atom. The van der Waals surface area contributed by atoms with E-state index in [1.165, 1.54) is 6.33 Å². The smallest absolute Gasteiger partial charge is 0.255 e. The maximum atomic E-state index is 12.7. The number of rotatable bonds is 6. The van der Waals surface area contributed by atoms with Gasteiger partial charge in [0.15, 0.2) is 11.5 Å². The quantitative estimate of drug-likeness (QED) is 0.658. The van der Waals surface area contributed by atoms with Crippen molar-refractivity contribution in [3.63, 3.8) is 0 Å². The zero-order valence-electron chi connectivity index (χ0n) is 17.1. The van der Waals surface area contributed by atoms with E-state index in [1.807, 2.05) is 12.1 Å². The van der Waals surface area contributed by atoms with Crippen LogP contribution >= 0.6 is 0 Å². The van der Waals surface area contributed by atoms with E-state index in [1.54, 1.807) is 33.7 Å². The SMILES string of the molecule is COc1cc(OC)c(OC)cc1CN1CCc2nc(-c3cncnc3)[nH]c(=O)c2C1. The lowest BCUT2D eigenvalue weighted by molar-refractivity contribution is 0.237. The van der Waals surface area contributed by atoms with Crippen molar-refractivity contribution in [2.24, 2.45) is 0 Å². The Kier molecular flexibility index (Phi) is 5.62. The second-order valence-corrected chi connectivity index (χ2v) is 6.95. The Morgan fingerprint density at radius 3 is 2.43 bits per heavy atom. The fourth-order valence-corrected chi connectivity index (χ4v) is 3.63. The third kappa shape index (κ3) is 3.84. The third-order valence-electron chi connectivity index (χ3n) is 5.16. The first kappa shape index (κ1) is 19.8. The summed E-state index contributed by atoms with van der Waals surface area (Å²) in [4.78, 5) is 30.4. The van der Waals surface area contributed by atoms with Crippen molar-refractivity contribution in [1.82, 2.24) is 24.8 Å². The van der Waals surface area contributed by atoms with Gasteiger partial charge in [-0.2, -0.15) is 0 Å². The molecule has 156 valence electrons. The Bertz CT molecular complexity index is 1100. The van der Waals surface area contributed by atoms with Gasteiger partial charge < -0.3 is 19.2 Å². The number of ether oxygens (including phenoxy) is 3. The molecule has 0 saturated carbocycles. The fourth-order valence-electron chi connectivity index (χ4n) is 3.63. The number of hydrogen-bond acceptors (Lipinski definition) is 8. The highest BCUT2D eigenvalue weighted by Gasteiger charge is 2.23. The van der Waals surface area contributed by atoms with E-state index in [2.05, 4.69) is 24.8 Å². The van der Waals surface area contributed by atoms with Crippen LogP contribution in [0.5, 0.6) is 17.2 Å². The molecule has 4 rings (SSSR count). The molecule has 1 N–H and O–H groups in total. The van der Waals surface area contributed by atoms with E-state index in [0.717, 1.165) is 17.8 Å².